The van der Waals surface area contributed by atoms with Crippen LogP contribution >= 0.6 is 22.7 Å². The highest BCUT2D eigenvalue weighted by molar-refractivity contribution is 7.13. The zero-order valence-corrected chi connectivity index (χ0v) is 16.5. The molecule has 2 N–H and O–H groups in total. The van der Waals surface area contributed by atoms with Crippen molar-refractivity contribution in [3.63, 3.8) is 0 Å². The van der Waals surface area contributed by atoms with Gasteiger partial charge < -0.3 is 10.1 Å². The molecule has 5 aromatic rings. The van der Waals surface area contributed by atoms with Gasteiger partial charge in [0, 0.05) is 41.1 Å². The summed E-state index contributed by atoms with van der Waals surface area (Å²) in [4.78, 5) is 20.9. The monoisotopic (exact) mass is 405 g/mol. The molecule has 0 bridgehead atoms. The SMILES string of the molecule is C[C@@](O)(c1cccc(-c2csc(-c3c[nH]c4nccnc34)n2)c1)c1nccs1. The third-order valence-corrected chi connectivity index (χ3v) is 6.47. The Balaban J connectivity index is 1.53. The van der Waals surface area contributed by atoms with Crippen molar-refractivity contribution in [1.29, 1.82) is 0 Å². The number of H-pyrrole nitrogens is 1. The summed E-state index contributed by atoms with van der Waals surface area (Å²) < 4.78 is 0. The molecule has 138 valence electrons. The molecule has 28 heavy (non-hydrogen) atoms. The number of thiazole rings is 2. The summed E-state index contributed by atoms with van der Waals surface area (Å²) >= 11 is 3.00. The first-order valence-corrected chi connectivity index (χ1v) is 10.4. The summed E-state index contributed by atoms with van der Waals surface area (Å²) in [6, 6.07) is 7.81. The van der Waals surface area contributed by atoms with Gasteiger partial charge in [-0.1, -0.05) is 18.2 Å². The number of hydrogen-bond acceptors (Lipinski definition) is 7. The maximum atomic E-state index is 11.0. The topological polar surface area (TPSA) is 87.6 Å². The minimum Gasteiger partial charge on any atom is -0.378 e. The molecule has 0 unspecified atom stereocenters. The maximum absolute atomic E-state index is 11.0. The third-order valence-electron chi connectivity index (χ3n) is 4.61. The van der Waals surface area contributed by atoms with Crippen LogP contribution in [0.2, 0.25) is 0 Å². The van der Waals surface area contributed by atoms with Crippen molar-refractivity contribution in [3.05, 3.63) is 70.4 Å². The van der Waals surface area contributed by atoms with Gasteiger partial charge in [0.25, 0.3) is 0 Å². The second-order valence-electron chi connectivity index (χ2n) is 6.48. The lowest BCUT2D eigenvalue weighted by atomic mass is 9.94. The van der Waals surface area contributed by atoms with E-state index in [9.17, 15) is 5.11 Å². The summed E-state index contributed by atoms with van der Waals surface area (Å²) in [6.45, 7) is 1.77. The van der Waals surface area contributed by atoms with Gasteiger partial charge in [-0.05, 0) is 18.6 Å². The number of rotatable bonds is 4. The summed E-state index contributed by atoms with van der Waals surface area (Å²) in [7, 11) is 0. The quantitative estimate of drug-likeness (QED) is 0.461. The molecular weight excluding hydrogens is 390 g/mol. The second kappa shape index (κ2) is 6.59. The average Bonchev–Trinajstić information content (AvgIpc) is 3.48. The molecule has 6 nitrogen and oxygen atoms in total. The fraction of sp³-hybridized carbons (Fsp3) is 0.100. The molecule has 1 atom stereocenters. The molecule has 0 saturated heterocycles. The second-order valence-corrected chi connectivity index (χ2v) is 8.24. The summed E-state index contributed by atoms with van der Waals surface area (Å²) in [6.07, 6.45) is 6.93. The van der Waals surface area contributed by atoms with E-state index < -0.39 is 5.60 Å². The van der Waals surface area contributed by atoms with Crippen molar-refractivity contribution < 1.29 is 5.11 Å². The Bertz CT molecular complexity index is 1260. The molecule has 0 spiro atoms. The Labute approximate surface area is 168 Å². The molecule has 4 heterocycles. The zero-order chi connectivity index (χ0) is 19.1. The van der Waals surface area contributed by atoms with Crippen LogP contribution in [-0.4, -0.2) is 30.0 Å². The number of aliphatic hydroxyl groups is 1. The number of nitrogens with one attached hydrogen (secondary N) is 1. The third kappa shape index (κ3) is 2.82. The number of hydrogen-bond donors (Lipinski definition) is 2. The number of aromatic nitrogens is 5. The van der Waals surface area contributed by atoms with Crippen molar-refractivity contribution >= 4 is 33.8 Å². The lowest BCUT2D eigenvalue weighted by Crippen LogP contribution is -2.22. The fourth-order valence-corrected chi connectivity index (χ4v) is 4.68. The maximum Gasteiger partial charge on any atom is 0.156 e. The minimum absolute atomic E-state index is 0.668. The first-order chi connectivity index (χ1) is 13.6. The minimum atomic E-state index is -1.14. The standard InChI is InChI=1S/C20H15N5OS2/c1-20(26,19-23-7-8-27-19)13-4-2-3-12(9-13)15-11-28-18(25-15)14-10-24-17-16(14)21-5-6-22-17/h2-11,26H,1H3,(H,22,24)/t20-/m1/s1. The van der Waals surface area contributed by atoms with E-state index in [0.29, 0.717) is 5.01 Å². The van der Waals surface area contributed by atoms with E-state index in [0.717, 1.165) is 38.6 Å². The Kier molecular flexibility index (Phi) is 4.04. The number of fused-ring (bicyclic) bond motifs is 1. The molecule has 0 saturated carbocycles. The lowest BCUT2D eigenvalue weighted by Gasteiger charge is -2.21. The van der Waals surface area contributed by atoms with Crippen LogP contribution in [0.15, 0.2) is 59.8 Å². The van der Waals surface area contributed by atoms with Crippen molar-refractivity contribution in [1.82, 2.24) is 24.9 Å². The molecule has 0 aliphatic heterocycles. The van der Waals surface area contributed by atoms with Crippen LogP contribution in [-0.2, 0) is 5.60 Å². The van der Waals surface area contributed by atoms with Gasteiger partial charge in [-0.2, -0.15) is 0 Å². The molecule has 0 fully saturated rings. The highest BCUT2D eigenvalue weighted by Gasteiger charge is 2.28. The summed E-state index contributed by atoms with van der Waals surface area (Å²) in [5.74, 6) is 0. The van der Waals surface area contributed by atoms with Gasteiger partial charge in [-0.25, -0.2) is 15.0 Å². The molecular formula is C20H15N5OS2. The van der Waals surface area contributed by atoms with E-state index in [1.54, 1.807) is 36.9 Å². The van der Waals surface area contributed by atoms with E-state index in [2.05, 4.69) is 19.9 Å². The highest BCUT2D eigenvalue weighted by atomic mass is 32.1. The predicted octanol–water partition coefficient (Wildman–Crippen LogP) is 4.46. The molecule has 0 aliphatic carbocycles. The normalized spacial score (nSPS) is 13.6. The van der Waals surface area contributed by atoms with Crippen LogP contribution < -0.4 is 0 Å². The van der Waals surface area contributed by atoms with Gasteiger partial charge in [0.15, 0.2) is 5.65 Å². The van der Waals surface area contributed by atoms with Crippen LogP contribution in [0.3, 0.4) is 0 Å². The van der Waals surface area contributed by atoms with E-state index in [1.807, 2.05) is 41.2 Å². The van der Waals surface area contributed by atoms with Gasteiger partial charge in [0.1, 0.15) is 21.1 Å². The van der Waals surface area contributed by atoms with Crippen LogP contribution in [0.4, 0.5) is 0 Å². The molecule has 0 amide bonds. The summed E-state index contributed by atoms with van der Waals surface area (Å²) in [5.41, 5.74) is 3.94. The molecule has 0 radical (unpaired) electrons. The smallest absolute Gasteiger partial charge is 0.156 e. The van der Waals surface area contributed by atoms with Crippen LogP contribution in [0.5, 0.6) is 0 Å². The lowest BCUT2D eigenvalue weighted by molar-refractivity contribution is 0.102. The predicted molar refractivity (Wildman–Crippen MR) is 111 cm³/mol. The van der Waals surface area contributed by atoms with Crippen LogP contribution in [0, 0.1) is 0 Å². The van der Waals surface area contributed by atoms with Gasteiger partial charge in [-0.15, -0.1) is 22.7 Å². The fourth-order valence-electron chi connectivity index (χ4n) is 3.11. The molecule has 5 rings (SSSR count). The Morgan fingerprint density at radius 2 is 1.96 bits per heavy atom. The Hall–Kier alpha value is -2.94. The van der Waals surface area contributed by atoms with Gasteiger partial charge >= 0.3 is 0 Å². The van der Waals surface area contributed by atoms with Crippen molar-refractivity contribution in [2.24, 2.45) is 0 Å². The van der Waals surface area contributed by atoms with E-state index in [1.165, 1.54) is 11.3 Å². The number of nitrogens with zero attached hydrogens (tertiary/aromatic N) is 4. The van der Waals surface area contributed by atoms with E-state index in [-0.39, 0.29) is 0 Å². The van der Waals surface area contributed by atoms with E-state index in [4.69, 9.17) is 4.98 Å². The highest BCUT2D eigenvalue weighted by Crippen LogP contribution is 2.35. The van der Waals surface area contributed by atoms with Crippen LogP contribution in [0.25, 0.3) is 33.0 Å². The van der Waals surface area contributed by atoms with Crippen molar-refractivity contribution in [2.75, 3.05) is 0 Å². The zero-order valence-electron chi connectivity index (χ0n) is 14.8. The largest absolute Gasteiger partial charge is 0.378 e. The van der Waals surface area contributed by atoms with Gasteiger partial charge in [0.2, 0.25) is 0 Å². The molecule has 4 aromatic heterocycles. The van der Waals surface area contributed by atoms with Crippen LogP contribution in [0.1, 0.15) is 17.5 Å². The Morgan fingerprint density at radius 3 is 2.82 bits per heavy atom. The average molecular weight is 406 g/mol. The number of benzene rings is 1. The number of aromatic amines is 1. The first-order valence-electron chi connectivity index (χ1n) is 8.60. The first kappa shape index (κ1) is 17.2. The van der Waals surface area contributed by atoms with E-state index >= 15 is 0 Å². The van der Waals surface area contributed by atoms with Gasteiger partial charge in [-0.3, -0.25) is 4.98 Å². The Morgan fingerprint density at radius 1 is 1.07 bits per heavy atom. The van der Waals surface area contributed by atoms with Crippen molar-refractivity contribution in [3.8, 4) is 21.8 Å². The molecule has 8 heteroatoms. The van der Waals surface area contributed by atoms with Gasteiger partial charge in [0.05, 0.1) is 11.3 Å². The van der Waals surface area contributed by atoms with Crippen molar-refractivity contribution in [2.45, 2.75) is 12.5 Å². The molecule has 0 aliphatic rings. The molecule has 1 aromatic carbocycles. The summed E-state index contributed by atoms with van der Waals surface area (Å²) in [5, 5.41) is 16.4.